The van der Waals surface area contributed by atoms with Crippen LogP contribution in [0.4, 0.5) is 0 Å². The number of aromatic nitrogens is 2. The second-order valence-corrected chi connectivity index (χ2v) is 5.22. The minimum Gasteiger partial charge on any atom is -0.307 e. The van der Waals surface area contributed by atoms with Crippen LogP contribution >= 0.6 is 0 Å². The van der Waals surface area contributed by atoms with Crippen molar-refractivity contribution in [2.45, 2.75) is 57.7 Å². The third-order valence-electron chi connectivity index (χ3n) is 4.28. The highest BCUT2D eigenvalue weighted by Gasteiger charge is 2.33. The molecule has 1 aromatic heterocycles. The van der Waals surface area contributed by atoms with Crippen molar-refractivity contribution in [3.63, 3.8) is 0 Å². The van der Waals surface area contributed by atoms with Gasteiger partial charge in [0.1, 0.15) is 0 Å². The highest BCUT2D eigenvalue weighted by atomic mass is 15.3. The Morgan fingerprint density at radius 2 is 2.31 bits per heavy atom. The van der Waals surface area contributed by atoms with Gasteiger partial charge in [0.15, 0.2) is 0 Å². The van der Waals surface area contributed by atoms with Gasteiger partial charge in [0.25, 0.3) is 0 Å². The van der Waals surface area contributed by atoms with Crippen LogP contribution in [0, 0.1) is 5.92 Å². The summed E-state index contributed by atoms with van der Waals surface area (Å²) < 4.78 is 2.03. The standard InChI is InChI=1S/C13H21N3/c1-2-16-9-11(8-14-16)13-7-6-10-4-3-5-12(10)15-13/h8-10,12-13,15H,2-7H2,1H3. The molecule has 1 saturated carbocycles. The topological polar surface area (TPSA) is 29.9 Å². The highest BCUT2D eigenvalue weighted by Crippen LogP contribution is 2.37. The van der Waals surface area contributed by atoms with E-state index < -0.39 is 0 Å². The summed E-state index contributed by atoms with van der Waals surface area (Å²) in [6.45, 7) is 3.11. The van der Waals surface area contributed by atoms with E-state index in [1.165, 1.54) is 37.7 Å². The molecule has 0 aromatic carbocycles. The molecule has 3 rings (SSSR count). The molecule has 2 fully saturated rings. The van der Waals surface area contributed by atoms with Crippen molar-refractivity contribution in [2.24, 2.45) is 5.92 Å². The Morgan fingerprint density at radius 1 is 1.38 bits per heavy atom. The van der Waals surface area contributed by atoms with Crippen LogP contribution in [0.15, 0.2) is 12.4 Å². The summed E-state index contributed by atoms with van der Waals surface area (Å²) in [5.41, 5.74) is 1.38. The van der Waals surface area contributed by atoms with Crippen molar-refractivity contribution in [2.75, 3.05) is 0 Å². The lowest BCUT2D eigenvalue weighted by atomic mass is 9.88. The maximum absolute atomic E-state index is 4.37. The van der Waals surface area contributed by atoms with Gasteiger partial charge in [-0.1, -0.05) is 6.42 Å². The van der Waals surface area contributed by atoms with Crippen LogP contribution in [0.1, 0.15) is 50.6 Å². The van der Waals surface area contributed by atoms with Gasteiger partial charge in [0.2, 0.25) is 0 Å². The van der Waals surface area contributed by atoms with Crippen molar-refractivity contribution >= 4 is 0 Å². The average molecular weight is 219 g/mol. The molecule has 88 valence electrons. The van der Waals surface area contributed by atoms with Crippen molar-refractivity contribution in [3.05, 3.63) is 18.0 Å². The Balaban J connectivity index is 1.71. The predicted octanol–water partition coefficient (Wildman–Crippen LogP) is 2.50. The smallest absolute Gasteiger partial charge is 0.0537 e. The second-order valence-electron chi connectivity index (χ2n) is 5.22. The molecule has 0 amide bonds. The third-order valence-corrected chi connectivity index (χ3v) is 4.28. The normalized spacial score (nSPS) is 33.9. The van der Waals surface area contributed by atoms with E-state index in [0.29, 0.717) is 6.04 Å². The quantitative estimate of drug-likeness (QED) is 0.828. The summed E-state index contributed by atoms with van der Waals surface area (Å²) in [5.74, 6) is 0.956. The summed E-state index contributed by atoms with van der Waals surface area (Å²) in [6, 6.07) is 1.34. The number of fused-ring (bicyclic) bond motifs is 1. The molecule has 1 aliphatic heterocycles. The number of rotatable bonds is 2. The van der Waals surface area contributed by atoms with Crippen molar-refractivity contribution in [1.82, 2.24) is 15.1 Å². The Bertz CT molecular complexity index is 358. The first kappa shape index (κ1) is 10.3. The molecule has 3 unspecified atom stereocenters. The molecule has 0 bridgehead atoms. The van der Waals surface area contributed by atoms with Crippen molar-refractivity contribution in [3.8, 4) is 0 Å². The monoisotopic (exact) mass is 219 g/mol. The molecule has 0 spiro atoms. The fourth-order valence-electron chi connectivity index (χ4n) is 3.32. The number of piperidine rings is 1. The number of hydrogen-bond donors (Lipinski definition) is 1. The lowest BCUT2D eigenvalue weighted by Crippen LogP contribution is -2.40. The molecule has 2 aliphatic rings. The zero-order valence-electron chi connectivity index (χ0n) is 10.0. The van der Waals surface area contributed by atoms with Gasteiger partial charge in [0.05, 0.1) is 6.20 Å². The van der Waals surface area contributed by atoms with Crippen LogP contribution < -0.4 is 5.32 Å². The summed E-state index contributed by atoms with van der Waals surface area (Å²) in [4.78, 5) is 0. The molecule has 16 heavy (non-hydrogen) atoms. The minimum atomic E-state index is 0.555. The van der Waals surface area contributed by atoms with Gasteiger partial charge in [-0.3, -0.25) is 4.68 Å². The van der Waals surface area contributed by atoms with Crippen LogP contribution in [-0.2, 0) is 6.54 Å². The Kier molecular flexibility index (Phi) is 2.72. The molecule has 3 nitrogen and oxygen atoms in total. The maximum atomic E-state index is 4.37. The van der Waals surface area contributed by atoms with Gasteiger partial charge in [-0.05, 0) is 38.5 Å². The van der Waals surface area contributed by atoms with E-state index in [1.807, 2.05) is 10.9 Å². The molecule has 3 heteroatoms. The van der Waals surface area contributed by atoms with Gasteiger partial charge in [-0.25, -0.2) is 0 Å². The second kappa shape index (κ2) is 4.21. The predicted molar refractivity (Wildman–Crippen MR) is 64.1 cm³/mol. The Labute approximate surface area is 97.2 Å². The van der Waals surface area contributed by atoms with Gasteiger partial charge in [-0.15, -0.1) is 0 Å². The molecule has 2 heterocycles. The van der Waals surface area contributed by atoms with E-state index in [0.717, 1.165) is 18.5 Å². The van der Waals surface area contributed by atoms with Gasteiger partial charge in [-0.2, -0.15) is 5.10 Å². The first-order valence-electron chi connectivity index (χ1n) is 6.65. The van der Waals surface area contributed by atoms with E-state index in [2.05, 4.69) is 23.5 Å². The minimum absolute atomic E-state index is 0.555. The van der Waals surface area contributed by atoms with Crippen molar-refractivity contribution < 1.29 is 0 Å². The van der Waals surface area contributed by atoms with Crippen LogP contribution in [0.2, 0.25) is 0 Å². The van der Waals surface area contributed by atoms with Crippen LogP contribution in [-0.4, -0.2) is 15.8 Å². The molecule has 1 N–H and O–H groups in total. The Morgan fingerprint density at radius 3 is 3.12 bits per heavy atom. The van der Waals surface area contributed by atoms with Crippen LogP contribution in [0.25, 0.3) is 0 Å². The summed E-state index contributed by atoms with van der Waals surface area (Å²) >= 11 is 0. The lowest BCUT2D eigenvalue weighted by molar-refractivity contribution is 0.261. The van der Waals surface area contributed by atoms with Gasteiger partial charge in [0, 0.05) is 30.4 Å². The molecule has 1 aromatic rings. The van der Waals surface area contributed by atoms with Crippen LogP contribution in [0.3, 0.4) is 0 Å². The fourth-order valence-corrected chi connectivity index (χ4v) is 3.32. The highest BCUT2D eigenvalue weighted by molar-refractivity contribution is 5.12. The summed E-state index contributed by atoms with van der Waals surface area (Å²) in [5, 5.41) is 8.19. The number of aryl methyl sites for hydroxylation is 1. The van der Waals surface area contributed by atoms with Crippen LogP contribution in [0.5, 0.6) is 0 Å². The summed E-state index contributed by atoms with van der Waals surface area (Å²) in [7, 11) is 0. The van der Waals surface area contributed by atoms with Gasteiger partial charge < -0.3 is 5.32 Å². The number of hydrogen-bond acceptors (Lipinski definition) is 2. The molecular weight excluding hydrogens is 198 g/mol. The average Bonchev–Trinajstić information content (AvgIpc) is 2.96. The maximum Gasteiger partial charge on any atom is 0.0537 e. The van der Waals surface area contributed by atoms with E-state index in [4.69, 9.17) is 0 Å². The third kappa shape index (κ3) is 1.77. The zero-order valence-corrected chi connectivity index (χ0v) is 10.0. The first-order valence-corrected chi connectivity index (χ1v) is 6.65. The van der Waals surface area contributed by atoms with E-state index in [-0.39, 0.29) is 0 Å². The van der Waals surface area contributed by atoms with E-state index in [9.17, 15) is 0 Å². The largest absolute Gasteiger partial charge is 0.307 e. The molecule has 1 aliphatic carbocycles. The van der Waals surface area contributed by atoms with Gasteiger partial charge >= 0.3 is 0 Å². The fraction of sp³-hybridized carbons (Fsp3) is 0.769. The molecule has 3 atom stereocenters. The van der Waals surface area contributed by atoms with Crippen molar-refractivity contribution in [1.29, 1.82) is 0 Å². The number of nitrogens with one attached hydrogen (secondary N) is 1. The zero-order chi connectivity index (χ0) is 11.0. The molecule has 1 saturated heterocycles. The molecule has 0 radical (unpaired) electrons. The molecular formula is C13H21N3. The summed E-state index contributed by atoms with van der Waals surface area (Å²) in [6.07, 6.45) is 11.2. The Hall–Kier alpha value is -0.830. The van der Waals surface area contributed by atoms with E-state index in [1.54, 1.807) is 0 Å². The SMILES string of the molecule is CCn1cc(C2CCC3CCCC3N2)cn1. The first-order chi connectivity index (χ1) is 7.86. The number of nitrogens with zero attached hydrogens (tertiary/aromatic N) is 2. The van der Waals surface area contributed by atoms with E-state index >= 15 is 0 Å². The lowest BCUT2D eigenvalue weighted by Gasteiger charge is -2.33.